The highest BCUT2D eigenvalue weighted by Gasteiger charge is 2.44. The van der Waals surface area contributed by atoms with E-state index in [-0.39, 0.29) is 12.6 Å². The number of nitrogens with zero attached hydrogens (tertiary/aromatic N) is 1. The molecule has 4 nitrogen and oxygen atoms in total. The maximum atomic E-state index is 12.7. The summed E-state index contributed by atoms with van der Waals surface area (Å²) in [6, 6.07) is 0.0837. The van der Waals surface area contributed by atoms with Gasteiger partial charge < -0.3 is 15.3 Å². The van der Waals surface area contributed by atoms with Crippen molar-refractivity contribution in [1.82, 2.24) is 10.2 Å². The fraction of sp³-hybridized carbons (Fsp3) is 0.933. The molecule has 0 aromatic carbocycles. The zero-order chi connectivity index (χ0) is 13.2. The van der Waals surface area contributed by atoms with Crippen molar-refractivity contribution < 1.29 is 9.90 Å². The van der Waals surface area contributed by atoms with E-state index in [0.717, 1.165) is 44.8 Å². The molecule has 1 saturated carbocycles. The van der Waals surface area contributed by atoms with E-state index >= 15 is 0 Å². The van der Waals surface area contributed by atoms with Gasteiger partial charge in [0, 0.05) is 19.7 Å². The Morgan fingerprint density at radius 1 is 1.26 bits per heavy atom. The molecule has 4 atom stereocenters. The lowest BCUT2D eigenvalue weighted by atomic mass is 9.91. The predicted molar refractivity (Wildman–Crippen MR) is 73.6 cm³/mol. The van der Waals surface area contributed by atoms with Crippen LogP contribution in [0.25, 0.3) is 0 Å². The fourth-order valence-corrected chi connectivity index (χ4v) is 4.34. The molecule has 1 aliphatic carbocycles. The van der Waals surface area contributed by atoms with Crippen LogP contribution in [0.4, 0.5) is 0 Å². The van der Waals surface area contributed by atoms with Crippen molar-refractivity contribution in [1.29, 1.82) is 0 Å². The second-order valence-electron chi connectivity index (χ2n) is 6.55. The van der Waals surface area contributed by atoms with Crippen molar-refractivity contribution in [2.45, 2.75) is 44.6 Å². The van der Waals surface area contributed by atoms with Crippen LogP contribution < -0.4 is 5.32 Å². The molecular weight excluding hydrogens is 240 g/mol. The Balaban J connectivity index is 1.60. The zero-order valence-corrected chi connectivity index (χ0v) is 11.7. The third-order valence-electron chi connectivity index (χ3n) is 5.38. The van der Waals surface area contributed by atoms with Crippen molar-refractivity contribution in [3.63, 3.8) is 0 Å². The van der Waals surface area contributed by atoms with Gasteiger partial charge in [-0.3, -0.25) is 4.79 Å². The van der Waals surface area contributed by atoms with Crippen LogP contribution in [0.5, 0.6) is 0 Å². The lowest BCUT2D eigenvalue weighted by Gasteiger charge is -2.35. The number of piperidine rings is 1. The van der Waals surface area contributed by atoms with Gasteiger partial charge in [0.15, 0.2) is 0 Å². The normalized spacial score (nSPS) is 38.5. The molecule has 3 rings (SSSR count). The number of carbonyl (C=O) groups excluding carboxylic acids is 1. The molecule has 0 aromatic heterocycles. The number of hydrogen-bond donors (Lipinski definition) is 2. The average molecular weight is 266 g/mol. The van der Waals surface area contributed by atoms with E-state index < -0.39 is 0 Å². The Kier molecular flexibility index (Phi) is 4.08. The topological polar surface area (TPSA) is 52.6 Å². The number of likely N-dealkylation sites (tertiary alicyclic amines) is 1. The number of carbonyl (C=O) groups is 1. The van der Waals surface area contributed by atoms with E-state index in [1.54, 1.807) is 0 Å². The largest absolute Gasteiger partial charge is 0.396 e. The van der Waals surface area contributed by atoms with Crippen molar-refractivity contribution in [2.75, 3.05) is 26.2 Å². The lowest BCUT2D eigenvalue weighted by Crippen LogP contribution is -2.49. The van der Waals surface area contributed by atoms with Gasteiger partial charge in [-0.15, -0.1) is 0 Å². The summed E-state index contributed by atoms with van der Waals surface area (Å²) in [5.41, 5.74) is 0. The zero-order valence-electron chi connectivity index (χ0n) is 11.7. The van der Waals surface area contributed by atoms with Crippen LogP contribution in [0.3, 0.4) is 0 Å². The first kappa shape index (κ1) is 13.4. The number of hydrogen-bond acceptors (Lipinski definition) is 3. The second kappa shape index (κ2) is 5.80. The minimum absolute atomic E-state index is 0.0837. The highest BCUT2D eigenvalue weighted by Crippen LogP contribution is 2.38. The van der Waals surface area contributed by atoms with Crippen LogP contribution in [-0.2, 0) is 4.79 Å². The highest BCUT2D eigenvalue weighted by atomic mass is 16.3. The number of aliphatic hydroxyl groups is 1. The van der Waals surface area contributed by atoms with E-state index in [0.29, 0.717) is 17.7 Å². The number of rotatable bonds is 3. The maximum absolute atomic E-state index is 12.7. The summed E-state index contributed by atoms with van der Waals surface area (Å²) in [4.78, 5) is 14.8. The number of nitrogens with one attached hydrogen (secondary N) is 1. The SMILES string of the molecule is O=C(C1NCC2CCCC21)N1CCCC(CCO)C1. The molecule has 2 heterocycles. The van der Waals surface area contributed by atoms with Crippen LogP contribution >= 0.6 is 0 Å². The summed E-state index contributed by atoms with van der Waals surface area (Å²) in [5.74, 6) is 2.17. The average Bonchev–Trinajstić information content (AvgIpc) is 3.01. The van der Waals surface area contributed by atoms with Gasteiger partial charge >= 0.3 is 0 Å². The summed E-state index contributed by atoms with van der Waals surface area (Å²) in [6.07, 6.45) is 6.92. The molecule has 19 heavy (non-hydrogen) atoms. The molecule has 4 heteroatoms. The van der Waals surface area contributed by atoms with Gasteiger partial charge in [0.2, 0.25) is 5.91 Å². The van der Waals surface area contributed by atoms with Crippen molar-refractivity contribution in [3.8, 4) is 0 Å². The minimum atomic E-state index is 0.0837. The summed E-state index contributed by atoms with van der Waals surface area (Å²) in [6.45, 7) is 3.05. The molecule has 2 aliphatic heterocycles. The second-order valence-corrected chi connectivity index (χ2v) is 6.55. The van der Waals surface area contributed by atoms with Gasteiger partial charge in [0.05, 0.1) is 6.04 Å². The van der Waals surface area contributed by atoms with Crippen LogP contribution in [0.2, 0.25) is 0 Å². The number of fused-ring (bicyclic) bond motifs is 1. The molecule has 2 N–H and O–H groups in total. The maximum Gasteiger partial charge on any atom is 0.240 e. The van der Waals surface area contributed by atoms with Gasteiger partial charge in [0.25, 0.3) is 0 Å². The Hall–Kier alpha value is -0.610. The monoisotopic (exact) mass is 266 g/mol. The lowest BCUT2D eigenvalue weighted by molar-refractivity contribution is -0.136. The standard InChI is InChI=1S/C15H26N2O2/c18-8-6-11-3-2-7-17(10-11)15(19)14-13-5-1-4-12(13)9-16-14/h11-14,16,18H,1-10H2. The Labute approximate surface area is 115 Å². The van der Waals surface area contributed by atoms with Crippen LogP contribution in [0.15, 0.2) is 0 Å². The van der Waals surface area contributed by atoms with Gasteiger partial charge in [-0.1, -0.05) is 6.42 Å². The van der Waals surface area contributed by atoms with E-state index in [1.165, 1.54) is 19.3 Å². The molecule has 0 bridgehead atoms. The third-order valence-corrected chi connectivity index (χ3v) is 5.38. The first-order valence-corrected chi connectivity index (χ1v) is 7.92. The highest BCUT2D eigenvalue weighted by molar-refractivity contribution is 5.82. The molecule has 0 aromatic rings. The van der Waals surface area contributed by atoms with E-state index in [1.807, 2.05) is 0 Å². The number of amides is 1. The van der Waals surface area contributed by atoms with E-state index in [2.05, 4.69) is 10.2 Å². The first-order chi connectivity index (χ1) is 9.29. The van der Waals surface area contributed by atoms with Gasteiger partial charge in [-0.2, -0.15) is 0 Å². The van der Waals surface area contributed by atoms with Gasteiger partial charge in [-0.05, 0) is 56.4 Å². The predicted octanol–water partition coefficient (Wildman–Crippen LogP) is 0.995. The Morgan fingerprint density at radius 3 is 3.00 bits per heavy atom. The minimum Gasteiger partial charge on any atom is -0.396 e. The van der Waals surface area contributed by atoms with Crippen molar-refractivity contribution in [2.24, 2.45) is 17.8 Å². The smallest absolute Gasteiger partial charge is 0.240 e. The molecule has 0 spiro atoms. The van der Waals surface area contributed by atoms with Crippen LogP contribution in [0, 0.1) is 17.8 Å². The Morgan fingerprint density at radius 2 is 2.16 bits per heavy atom. The fourth-order valence-electron chi connectivity index (χ4n) is 4.34. The molecule has 108 valence electrons. The number of aliphatic hydroxyl groups excluding tert-OH is 1. The third kappa shape index (κ3) is 2.65. The summed E-state index contributed by atoms with van der Waals surface area (Å²) in [5, 5.41) is 12.5. The molecule has 0 radical (unpaired) electrons. The first-order valence-electron chi connectivity index (χ1n) is 7.92. The molecular formula is C15H26N2O2. The summed E-state index contributed by atoms with van der Waals surface area (Å²) >= 11 is 0. The van der Waals surface area contributed by atoms with E-state index in [4.69, 9.17) is 5.11 Å². The van der Waals surface area contributed by atoms with E-state index in [9.17, 15) is 4.79 Å². The quantitative estimate of drug-likeness (QED) is 0.801. The molecule has 2 saturated heterocycles. The van der Waals surface area contributed by atoms with Crippen LogP contribution in [0.1, 0.15) is 38.5 Å². The summed E-state index contributed by atoms with van der Waals surface area (Å²) in [7, 11) is 0. The van der Waals surface area contributed by atoms with Gasteiger partial charge in [-0.25, -0.2) is 0 Å². The molecule has 1 amide bonds. The Bertz CT molecular complexity index is 332. The van der Waals surface area contributed by atoms with Crippen LogP contribution in [-0.4, -0.2) is 48.2 Å². The molecule has 3 aliphatic rings. The molecule has 4 unspecified atom stereocenters. The van der Waals surface area contributed by atoms with Crippen molar-refractivity contribution >= 4 is 5.91 Å². The molecule has 3 fully saturated rings. The van der Waals surface area contributed by atoms with Crippen molar-refractivity contribution in [3.05, 3.63) is 0 Å². The summed E-state index contributed by atoms with van der Waals surface area (Å²) < 4.78 is 0. The van der Waals surface area contributed by atoms with Gasteiger partial charge in [0.1, 0.15) is 0 Å².